The molecule has 8 atom stereocenters. The Bertz CT molecular complexity index is 666. The second-order valence-electron chi connectivity index (χ2n) is 9.77. The molecule has 0 heterocycles. The highest BCUT2D eigenvalue weighted by molar-refractivity contribution is 5.94. The Morgan fingerprint density at radius 1 is 1.25 bits per heavy atom. The van der Waals surface area contributed by atoms with Gasteiger partial charge >= 0.3 is 5.97 Å². The molecule has 0 aromatic heterocycles. The van der Waals surface area contributed by atoms with Gasteiger partial charge in [-0.25, -0.2) is 0 Å². The van der Waals surface area contributed by atoms with Crippen LogP contribution in [-0.2, 0) is 14.3 Å². The van der Waals surface area contributed by atoms with Gasteiger partial charge in [0.15, 0.2) is 5.78 Å². The smallest absolute Gasteiger partial charge is 0.302 e. The van der Waals surface area contributed by atoms with E-state index < -0.39 is 0 Å². The molecule has 8 unspecified atom stereocenters. The molecule has 5 rings (SSSR count). The summed E-state index contributed by atoms with van der Waals surface area (Å²) in [4.78, 5) is 23.5. The molecule has 3 heteroatoms. The molecule has 0 radical (unpaired) electrons. The average Bonchev–Trinajstić information content (AvgIpc) is 2.89. The van der Waals surface area contributed by atoms with Gasteiger partial charge in [0.1, 0.15) is 6.10 Å². The van der Waals surface area contributed by atoms with Gasteiger partial charge in [0.2, 0.25) is 0 Å². The first-order valence-electron chi connectivity index (χ1n) is 9.70. The molecule has 0 aromatic rings. The third-order valence-corrected chi connectivity index (χ3v) is 9.18. The van der Waals surface area contributed by atoms with E-state index in [0.29, 0.717) is 29.0 Å². The molecule has 0 N–H and O–H groups in total. The summed E-state index contributed by atoms with van der Waals surface area (Å²) >= 11 is 0. The summed E-state index contributed by atoms with van der Waals surface area (Å²) in [7, 11) is 0. The lowest BCUT2D eigenvalue weighted by molar-refractivity contribution is -0.155. The van der Waals surface area contributed by atoms with Gasteiger partial charge in [-0.05, 0) is 67.3 Å². The average molecular weight is 328 g/mol. The summed E-state index contributed by atoms with van der Waals surface area (Å²) in [6.45, 7) is 6.36. The van der Waals surface area contributed by atoms with Crippen molar-refractivity contribution in [1.82, 2.24) is 0 Å². The van der Waals surface area contributed by atoms with E-state index in [1.165, 1.54) is 25.7 Å². The molecule has 130 valence electrons. The zero-order valence-corrected chi connectivity index (χ0v) is 15.0. The third kappa shape index (κ3) is 1.55. The molecule has 24 heavy (non-hydrogen) atoms. The highest BCUT2D eigenvalue weighted by Crippen LogP contribution is 2.85. The van der Waals surface area contributed by atoms with Gasteiger partial charge in [0.05, 0.1) is 0 Å². The zero-order valence-electron chi connectivity index (χ0n) is 15.0. The monoisotopic (exact) mass is 328 g/mol. The number of carbonyl (C=O) groups is 2. The minimum absolute atomic E-state index is 0.0963. The Morgan fingerprint density at radius 2 is 2.04 bits per heavy atom. The van der Waals surface area contributed by atoms with E-state index in [1.807, 2.05) is 6.08 Å². The fourth-order valence-electron chi connectivity index (χ4n) is 7.95. The summed E-state index contributed by atoms with van der Waals surface area (Å²) in [6, 6.07) is 0. The summed E-state index contributed by atoms with van der Waals surface area (Å²) < 4.78 is 5.74. The molecule has 0 amide bonds. The van der Waals surface area contributed by atoms with Crippen LogP contribution in [0.4, 0.5) is 0 Å². The van der Waals surface area contributed by atoms with Crippen molar-refractivity contribution >= 4 is 11.8 Å². The fraction of sp³-hybridized carbons (Fsp3) is 0.810. The quantitative estimate of drug-likeness (QED) is 0.685. The van der Waals surface area contributed by atoms with E-state index in [2.05, 4.69) is 19.9 Å². The molecular weight excluding hydrogens is 300 g/mol. The summed E-state index contributed by atoms with van der Waals surface area (Å²) in [5, 5.41) is 0. The van der Waals surface area contributed by atoms with Crippen molar-refractivity contribution in [1.29, 1.82) is 0 Å². The minimum atomic E-state index is -0.133. The van der Waals surface area contributed by atoms with Crippen LogP contribution in [0.25, 0.3) is 0 Å². The predicted octanol–water partition coefficient (Wildman–Crippen LogP) is 3.92. The maximum absolute atomic E-state index is 11.9. The largest absolute Gasteiger partial charge is 0.462 e. The molecule has 3 nitrogen and oxygen atoms in total. The Morgan fingerprint density at radius 3 is 2.71 bits per heavy atom. The summed E-state index contributed by atoms with van der Waals surface area (Å²) in [5.41, 5.74) is 0.614. The normalized spacial score (nSPS) is 57.0. The van der Waals surface area contributed by atoms with E-state index in [9.17, 15) is 9.59 Å². The predicted molar refractivity (Wildman–Crippen MR) is 90.0 cm³/mol. The molecule has 5 aliphatic rings. The molecule has 0 aromatic carbocycles. The van der Waals surface area contributed by atoms with Crippen molar-refractivity contribution in [2.24, 2.45) is 39.9 Å². The van der Waals surface area contributed by atoms with Crippen molar-refractivity contribution < 1.29 is 14.3 Å². The van der Waals surface area contributed by atoms with Gasteiger partial charge in [0.25, 0.3) is 0 Å². The van der Waals surface area contributed by atoms with Crippen LogP contribution >= 0.6 is 0 Å². The molecule has 0 bridgehead atoms. The van der Waals surface area contributed by atoms with Crippen LogP contribution in [0.2, 0.25) is 0 Å². The molecule has 1 spiro atoms. The van der Waals surface area contributed by atoms with Crippen LogP contribution in [-0.4, -0.2) is 17.9 Å². The molecule has 4 fully saturated rings. The first-order valence-corrected chi connectivity index (χ1v) is 9.70. The van der Waals surface area contributed by atoms with E-state index in [4.69, 9.17) is 4.74 Å². The number of hydrogen-bond donors (Lipinski definition) is 0. The van der Waals surface area contributed by atoms with Gasteiger partial charge in [-0.2, -0.15) is 0 Å². The molecule has 5 aliphatic carbocycles. The maximum atomic E-state index is 11.9. The maximum Gasteiger partial charge on any atom is 0.302 e. The lowest BCUT2D eigenvalue weighted by atomic mass is 9.57. The summed E-state index contributed by atoms with van der Waals surface area (Å²) in [6.07, 6.45) is 11.0. The van der Waals surface area contributed by atoms with Crippen LogP contribution in [0, 0.1) is 39.9 Å². The van der Waals surface area contributed by atoms with Gasteiger partial charge < -0.3 is 4.74 Å². The van der Waals surface area contributed by atoms with Crippen molar-refractivity contribution in [3.63, 3.8) is 0 Å². The Kier molecular flexibility index (Phi) is 2.74. The third-order valence-electron chi connectivity index (χ3n) is 9.18. The number of allylic oxidation sites excluding steroid dienone is 2. The van der Waals surface area contributed by atoms with Crippen LogP contribution in [0.3, 0.4) is 0 Å². The van der Waals surface area contributed by atoms with Gasteiger partial charge in [-0.15, -0.1) is 0 Å². The minimum Gasteiger partial charge on any atom is -0.462 e. The molecule has 0 aliphatic heterocycles. The number of esters is 1. The Hall–Kier alpha value is -1.12. The van der Waals surface area contributed by atoms with E-state index in [1.54, 1.807) is 6.92 Å². The van der Waals surface area contributed by atoms with E-state index in [-0.39, 0.29) is 22.9 Å². The van der Waals surface area contributed by atoms with Gasteiger partial charge in [0, 0.05) is 24.2 Å². The zero-order chi connectivity index (χ0) is 16.9. The van der Waals surface area contributed by atoms with Crippen LogP contribution in [0.1, 0.15) is 59.3 Å². The van der Waals surface area contributed by atoms with Crippen molar-refractivity contribution in [2.75, 3.05) is 0 Å². The number of fused-ring (bicyclic) bond motifs is 6. The number of carbonyl (C=O) groups excluding carboxylic acids is 2. The SMILES string of the molecule is CC(=O)OC1CCC2CC3CC4C5(C=CC(=O)C5)C4(C)C3CC21C. The van der Waals surface area contributed by atoms with Crippen molar-refractivity contribution in [2.45, 2.75) is 65.4 Å². The summed E-state index contributed by atoms with van der Waals surface area (Å²) in [5.74, 6) is 3.12. The fourth-order valence-corrected chi connectivity index (χ4v) is 7.95. The van der Waals surface area contributed by atoms with E-state index in [0.717, 1.165) is 18.8 Å². The number of ketones is 1. The highest BCUT2D eigenvalue weighted by atomic mass is 16.5. The second-order valence-corrected chi connectivity index (χ2v) is 9.77. The first kappa shape index (κ1) is 15.2. The lowest BCUT2D eigenvalue weighted by Gasteiger charge is -2.48. The van der Waals surface area contributed by atoms with Crippen molar-refractivity contribution in [3.8, 4) is 0 Å². The van der Waals surface area contributed by atoms with Crippen LogP contribution in [0.15, 0.2) is 12.2 Å². The molecule has 0 saturated heterocycles. The molecule has 4 saturated carbocycles. The second kappa shape index (κ2) is 4.34. The van der Waals surface area contributed by atoms with Crippen LogP contribution < -0.4 is 0 Å². The standard InChI is InChI=1S/C21H28O3/c1-12(22)24-18-5-4-14-8-13-9-17-20(3,16(13)11-19(14,18)2)21(17)7-6-15(23)10-21/h6-7,13-14,16-18H,4-5,8-11H2,1-3H3. The lowest BCUT2D eigenvalue weighted by Crippen LogP contribution is -2.45. The van der Waals surface area contributed by atoms with E-state index >= 15 is 0 Å². The van der Waals surface area contributed by atoms with Crippen LogP contribution in [0.5, 0.6) is 0 Å². The number of ether oxygens (including phenoxy) is 1. The Labute approximate surface area is 144 Å². The highest BCUT2D eigenvalue weighted by Gasteiger charge is 2.81. The Balaban J connectivity index is 1.44. The van der Waals surface area contributed by atoms with Crippen molar-refractivity contribution in [3.05, 3.63) is 12.2 Å². The first-order chi connectivity index (χ1) is 11.3. The number of hydrogen-bond acceptors (Lipinski definition) is 3. The molecular formula is C21H28O3. The number of rotatable bonds is 1. The van der Waals surface area contributed by atoms with Gasteiger partial charge in [-0.1, -0.05) is 19.9 Å². The topological polar surface area (TPSA) is 43.4 Å². The van der Waals surface area contributed by atoms with Gasteiger partial charge in [-0.3, -0.25) is 9.59 Å².